The van der Waals surface area contributed by atoms with E-state index in [1.807, 2.05) is 13.8 Å². The number of piperazine rings is 1. The fourth-order valence-corrected chi connectivity index (χ4v) is 1.65. The van der Waals surface area contributed by atoms with Crippen LogP contribution in [-0.2, 0) is 9.59 Å². The van der Waals surface area contributed by atoms with Crippen LogP contribution in [-0.4, -0.2) is 42.5 Å². The van der Waals surface area contributed by atoms with Gasteiger partial charge in [-0.25, -0.2) is 0 Å². The summed E-state index contributed by atoms with van der Waals surface area (Å²) in [7, 11) is 0. The Kier molecular flexibility index (Phi) is 4.47. The second-order valence-electron chi connectivity index (χ2n) is 4.81. The first-order valence-corrected chi connectivity index (χ1v) is 5.97. The molecule has 6 nitrogen and oxygen atoms in total. The highest BCUT2D eigenvalue weighted by molar-refractivity contribution is 5.92. The molecule has 1 rings (SSSR count). The van der Waals surface area contributed by atoms with Crippen LogP contribution in [0.15, 0.2) is 0 Å². The standard InChI is InChI=1S/C11H22N4O2/c1-4-11(3,10(12)17)15-9(16)8-6-13-7(2)5-14-8/h7-8,13-14H,4-6H2,1-3H3,(H2,12,17)(H,15,16). The maximum Gasteiger partial charge on any atom is 0.242 e. The van der Waals surface area contributed by atoms with Crippen LogP contribution in [0.5, 0.6) is 0 Å². The molecule has 1 aliphatic rings. The van der Waals surface area contributed by atoms with E-state index in [9.17, 15) is 9.59 Å². The molecule has 0 aromatic heterocycles. The van der Waals surface area contributed by atoms with Crippen molar-refractivity contribution in [2.75, 3.05) is 13.1 Å². The van der Waals surface area contributed by atoms with Crippen LogP contribution in [0.3, 0.4) is 0 Å². The molecular formula is C11H22N4O2. The lowest BCUT2D eigenvalue weighted by molar-refractivity contribution is -0.132. The van der Waals surface area contributed by atoms with Gasteiger partial charge in [0.15, 0.2) is 0 Å². The van der Waals surface area contributed by atoms with Crippen LogP contribution in [0.2, 0.25) is 0 Å². The van der Waals surface area contributed by atoms with Gasteiger partial charge in [0.05, 0.1) is 6.04 Å². The molecule has 5 N–H and O–H groups in total. The first-order valence-electron chi connectivity index (χ1n) is 5.97. The number of amides is 2. The lowest BCUT2D eigenvalue weighted by Crippen LogP contribution is -2.64. The minimum Gasteiger partial charge on any atom is -0.368 e. The van der Waals surface area contributed by atoms with Crippen molar-refractivity contribution < 1.29 is 9.59 Å². The van der Waals surface area contributed by atoms with Gasteiger partial charge in [-0.15, -0.1) is 0 Å². The average molecular weight is 242 g/mol. The fraction of sp³-hybridized carbons (Fsp3) is 0.818. The Morgan fingerprint density at radius 1 is 1.41 bits per heavy atom. The highest BCUT2D eigenvalue weighted by Gasteiger charge is 2.34. The van der Waals surface area contributed by atoms with Crippen LogP contribution in [0.4, 0.5) is 0 Å². The molecule has 0 saturated carbocycles. The molecule has 1 fully saturated rings. The summed E-state index contributed by atoms with van der Waals surface area (Å²) < 4.78 is 0. The number of carbonyl (C=O) groups is 2. The summed E-state index contributed by atoms with van der Waals surface area (Å²) in [6.45, 7) is 6.80. The molecule has 2 amide bonds. The van der Waals surface area contributed by atoms with Crippen molar-refractivity contribution in [2.24, 2.45) is 5.73 Å². The van der Waals surface area contributed by atoms with Crippen molar-refractivity contribution in [3.8, 4) is 0 Å². The van der Waals surface area contributed by atoms with Crippen LogP contribution in [0.25, 0.3) is 0 Å². The molecule has 1 heterocycles. The van der Waals surface area contributed by atoms with E-state index in [1.165, 1.54) is 0 Å². The lowest BCUT2D eigenvalue weighted by atomic mass is 9.97. The lowest BCUT2D eigenvalue weighted by Gasteiger charge is -2.32. The van der Waals surface area contributed by atoms with E-state index < -0.39 is 11.4 Å². The van der Waals surface area contributed by atoms with Gasteiger partial charge < -0.3 is 21.7 Å². The average Bonchev–Trinajstić information content (AvgIpc) is 2.29. The Morgan fingerprint density at radius 3 is 2.47 bits per heavy atom. The summed E-state index contributed by atoms with van der Waals surface area (Å²) >= 11 is 0. The van der Waals surface area contributed by atoms with Gasteiger partial charge in [-0.2, -0.15) is 0 Å². The molecule has 0 spiro atoms. The molecule has 6 heteroatoms. The highest BCUT2D eigenvalue weighted by Crippen LogP contribution is 2.08. The minimum atomic E-state index is -0.970. The number of primary amides is 1. The smallest absolute Gasteiger partial charge is 0.242 e. The summed E-state index contributed by atoms with van der Waals surface area (Å²) in [6.07, 6.45) is 0.477. The fourth-order valence-electron chi connectivity index (χ4n) is 1.65. The van der Waals surface area contributed by atoms with Gasteiger partial charge in [-0.3, -0.25) is 9.59 Å². The van der Waals surface area contributed by atoms with Gasteiger partial charge in [0.2, 0.25) is 11.8 Å². The normalized spacial score (nSPS) is 28.2. The molecule has 0 bridgehead atoms. The van der Waals surface area contributed by atoms with E-state index in [1.54, 1.807) is 6.92 Å². The first kappa shape index (κ1) is 13.9. The van der Waals surface area contributed by atoms with Gasteiger partial charge >= 0.3 is 0 Å². The molecule has 0 aromatic rings. The monoisotopic (exact) mass is 242 g/mol. The second-order valence-corrected chi connectivity index (χ2v) is 4.81. The molecular weight excluding hydrogens is 220 g/mol. The predicted molar refractivity (Wildman–Crippen MR) is 65.3 cm³/mol. The first-order chi connectivity index (χ1) is 7.89. The van der Waals surface area contributed by atoms with Gasteiger partial charge in [0, 0.05) is 19.1 Å². The Balaban J connectivity index is 2.56. The molecule has 0 radical (unpaired) electrons. The second kappa shape index (κ2) is 5.46. The summed E-state index contributed by atoms with van der Waals surface area (Å²) in [5, 5.41) is 9.05. The van der Waals surface area contributed by atoms with E-state index in [0.717, 1.165) is 6.54 Å². The van der Waals surface area contributed by atoms with Crippen molar-refractivity contribution in [1.29, 1.82) is 0 Å². The van der Waals surface area contributed by atoms with E-state index in [4.69, 9.17) is 5.73 Å². The van der Waals surface area contributed by atoms with Crippen LogP contribution < -0.4 is 21.7 Å². The molecule has 1 saturated heterocycles. The van der Waals surface area contributed by atoms with Crippen molar-refractivity contribution in [3.05, 3.63) is 0 Å². The zero-order valence-corrected chi connectivity index (χ0v) is 10.7. The van der Waals surface area contributed by atoms with E-state index in [0.29, 0.717) is 19.0 Å². The largest absolute Gasteiger partial charge is 0.368 e. The maximum absolute atomic E-state index is 12.0. The van der Waals surface area contributed by atoms with E-state index in [2.05, 4.69) is 16.0 Å². The van der Waals surface area contributed by atoms with Crippen LogP contribution in [0, 0.1) is 0 Å². The number of hydrogen-bond donors (Lipinski definition) is 4. The third kappa shape index (κ3) is 3.41. The molecule has 0 aromatic carbocycles. The molecule has 0 aliphatic carbocycles. The number of hydrogen-bond acceptors (Lipinski definition) is 4. The van der Waals surface area contributed by atoms with Crippen LogP contribution in [0.1, 0.15) is 27.2 Å². The minimum absolute atomic E-state index is 0.187. The van der Waals surface area contributed by atoms with Gasteiger partial charge in [0.1, 0.15) is 5.54 Å². The zero-order chi connectivity index (χ0) is 13.1. The van der Waals surface area contributed by atoms with Gasteiger partial charge in [-0.1, -0.05) is 6.92 Å². The van der Waals surface area contributed by atoms with Gasteiger partial charge in [0.25, 0.3) is 0 Å². The summed E-state index contributed by atoms with van der Waals surface area (Å²) in [5.41, 5.74) is 4.32. The summed E-state index contributed by atoms with van der Waals surface area (Å²) in [5.74, 6) is -0.696. The third-order valence-electron chi connectivity index (χ3n) is 3.31. The third-order valence-corrected chi connectivity index (χ3v) is 3.31. The predicted octanol–water partition coefficient (Wildman–Crippen LogP) is -1.29. The molecule has 3 unspecified atom stereocenters. The zero-order valence-electron chi connectivity index (χ0n) is 10.7. The highest BCUT2D eigenvalue weighted by atomic mass is 16.2. The number of nitrogens with one attached hydrogen (secondary N) is 3. The number of rotatable bonds is 4. The number of carbonyl (C=O) groups excluding carboxylic acids is 2. The Labute approximate surface area is 102 Å². The van der Waals surface area contributed by atoms with Crippen molar-refractivity contribution in [3.63, 3.8) is 0 Å². The van der Waals surface area contributed by atoms with E-state index >= 15 is 0 Å². The maximum atomic E-state index is 12.0. The number of nitrogens with two attached hydrogens (primary N) is 1. The molecule has 1 aliphatic heterocycles. The summed E-state index contributed by atoms with van der Waals surface area (Å²) in [4.78, 5) is 23.3. The molecule has 3 atom stereocenters. The molecule has 17 heavy (non-hydrogen) atoms. The molecule has 98 valence electrons. The topological polar surface area (TPSA) is 96.2 Å². The van der Waals surface area contributed by atoms with Crippen LogP contribution >= 0.6 is 0 Å². The van der Waals surface area contributed by atoms with Crippen molar-refractivity contribution >= 4 is 11.8 Å². The summed E-state index contributed by atoms with van der Waals surface area (Å²) in [6, 6.07) is 0.0455. The SMILES string of the molecule is CCC(C)(NC(=O)C1CNC(C)CN1)C(N)=O. The quantitative estimate of drug-likeness (QED) is 0.493. The van der Waals surface area contributed by atoms with Crippen molar-refractivity contribution in [2.45, 2.75) is 44.8 Å². The Hall–Kier alpha value is -1.14. The Bertz CT molecular complexity index is 300. The van der Waals surface area contributed by atoms with Crippen molar-refractivity contribution in [1.82, 2.24) is 16.0 Å². The Morgan fingerprint density at radius 2 is 2.06 bits per heavy atom. The van der Waals surface area contributed by atoms with Gasteiger partial charge in [-0.05, 0) is 20.3 Å². The van der Waals surface area contributed by atoms with E-state index in [-0.39, 0.29) is 11.9 Å².